The molecule has 9 heteroatoms. The van der Waals surface area contributed by atoms with E-state index in [1.165, 1.54) is 30.3 Å². The average Bonchev–Trinajstić information content (AvgIpc) is 2.61. The van der Waals surface area contributed by atoms with Gasteiger partial charge >= 0.3 is 0 Å². The summed E-state index contributed by atoms with van der Waals surface area (Å²) in [6.07, 6.45) is 0. The molecular formula is C19H17N3O5S. The minimum Gasteiger partial charge on any atom is -0.457 e. The molecule has 0 spiro atoms. The van der Waals surface area contributed by atoms with Crippen LogP contribution >= 0.6 is 0 Å². The zero-order valence-electron chi connectivity index (χ0n) is 14.8. The van der Waals surface area contributed by atoms with Crippen molar-refractivity contribution in [3.63, 3.8) is 0 Å². The number of hydrogen-bond donors (Lipinski definition) is 2. The Morgan fingerprint density at radius 2 is 1.71 bits per heavy atom. The van der Waals surface area contributed by atoms with Crippen molar-refractivity contribution in [2.75, 3.05) is 10.5 Å². The van der Waals surface area contributed by atoms with E-state index in [1.807, 2.05) is 13.0 Å². The molecule has 144 valence electrons. The molecule has 0 heterocycles. The molecule has 0 unspecified atom stereocenters. The average molecular weight is 399 g/mol. The lowest BCUT2D eigenvalue weighted by Gasteiger charge is -2.11. The quantitative estimate of drug-likeness (QED) is 0.366. The SMILES string of the molecule is Cc1cccc(S(=O)(=O)Nc2cccc(Oc3ccc([N+](=O)[O-])c(N)c3)c2)c1. The van der Waals surface area contributed by atoms with Gasteiger partial charge in [-0.25, -0.2) is 8.42 Å². The van der Waals surface area contributed by atoms with Gasteiger partial charge in [0, 0.05) is 18.2 Å². The first-order valence-corrected chi connectivity index (χ1v) is 9.64. The second kappa shape index (κ2) is 7.57. The van der Waals surface area contributed by atoms with Crippen molar-refractivity contribution < 1.29 is 18.1 Å². The van der Waals surface area contributed by atoms with E-state index in [1.54, 1.807) is 30.3 Å². The Balaban J connectivity index is 1.81. The summed E-state index contributed by atoms with van der Waals surface area (Å²) in [5.74, 6) is 0.638. The highest BCUT2D eigenvalue weighted by Crippen LogP contribution is 2.30. The van der Waals surface area contributed by atoms with Gasteiger partial charge in [0.05, 0.1) is 15.5 Å². The van der Waals surface area contributed by atoms with Gasteiger partial charge in [-0.3, -0.25) is 14.8 Å². The number of nitrogen functional groups attached to an aromatic ring is 1. The van der Waals surface area contributed by atoms with Crippen LogP contribution in [0.1, 0.15) is 5.56 Å². The largest absolute Gasteiger partial charge is 0.457 e. The number of nitrogens with one attached hydrogen (secondary N) is 1. The molecule has 0 saturated heterocycles. The number of aryl methyl sites for hydroxylation is 1. The van der Waals surface area contributed by atoms with E-state index in [2.05, 4.69) is 4.72 Å². The summed E-state index contributed by atoms with van der Waals surface area (Å²) < 4.78 is 33.2. The van der Waals surface area contributed by atoms with Crippen LogP contribution in [0.4, 0.5) is 17.1 Å². The van der Waals surface area contributed by atoms with Gasteiger partial charge in [-0.15, -0.1) is 0 Å². The van der Waals surface area contributed by atoms with Gasteiger partial charge in [0.1, 0.15) is 17.2 Å². The topological polar surface area (TPSA) is 125 Å². The third kappa shape index (κ3) is 4.38. The molecular weight excluding hydrogens is 382 g/mol. The van der Waals surface area contributed by atoms with E-state index in [-0.39, 0.29) is 16.3 Å². The number of ether oxygens (including phenoxy) is 1. The molecule has 3 N–H and O–H groups in total. The molecule has 3 aromatic rings. The number of nitro benzene ring substituents is 1. The molecule has 0 amide bonds. The number of nitrogens with zero attached hydrogens (tertiary/aromatic N) is 1. The highest BCUT2D eigenvalue weighted by molar-refractivity contribution is 7.92. The van der Waals surface area contributed by atoms with Gasteiger partial charge in [0.2, 0.25) is 0 Å². The van der Waals surface area contributed by atoms with Gasteiger partial charge in [0.25, 0.3) is 15.7 Å². The van der Waals surface area contributed by atoms with Crippen LogP contribution in [0, 0.1) is 17.0 Å². The molecule has 0 aliphatic heterocycles. The predicted octanol–water partition coefficient (Wildman–Crippen LogP) is 4.08. The van der Waals surface area contributed by atoms with Crippen molar-refractivity contribution in [1.82, 2.24) is 0 Å². The molecule has 0 atom stereocenters. The third-order valence-electron chi connectivity index (χ3n) is 3.82. The molecule has 0 radical (unpaired) electrons. The fourth-order valence-corrected chi connectivity index (χ4v) is 3.67. The number of sulfonamides is 1. The molecule has 0 aromatic heterocycles. The van der Waals surface area contributed by atoms with E-state index in [0.717, 1.165) is 5.56 Å². The Morgan fingerprint density at radius 1 is 1.00 bits per heavy atom. The normalized spacial score (nSPS) is 11.0. The highest BCUT2D eigenvalue weighted by atomic mass is 32.2. The molecule has 0 aliphatic carbocycles. The summed E-state index contributed by atoms with van der Waals surface area (Å²) in [4.78, 5) is 10.4. The third-order valence-corrected chi connectivity index (χ3v) is 5.20. The Hall–Kier alpha value is -3.59. The van der Waals surface area contributed by atoms with E-state index in [9.17, 15) is 18.5 Å². The second-order valence-electron chi connectivity index (χ2n) is 6.03. The molecule has 3 rings (SSSR count). The maximum atomic E-state index is 12.5. The highest BCUT2D eigenvalue weighted by Gasteiger charge is 2.15. The summed E-state index contributed by atoms with van der Waals surface area (Å²) >= 11 is 0. The van der Waals surface area contributed by atoms with Crippen molar-refractivity contribution in [3.8, 4) is 11.5 Å². The number of nitro groups is 1. The van der Waals surface area contributed by atoms with Crippen LogP contribution in [-0.2, 0) is 10.0 Å². The smallest absolute Gasteiger partial charge is 0.292 e. The van der Waals surface area contributed by atoms with E-state index in [0.29, 0.717) is 17.2 Å². The number of rotatable bonds is 6. The monoisotopic (exact) mass is 399 g/mol. The lowest BCUT2D eigenvalue weighted by molar-refractivity contribution is -0.383. The Bertz CT molecular complexity index is 1150. The first kappa shape index (κ1) is 19.2. The molecule has 3 aromatic carbocycles. The number of benzene rings is 3. The van der Waals surface area contributed by atoms with Crippen molar-refractivity contribution in [1.29, 1.82) is 0 Å². The number of anilines is 2. The first-order valence-electron chi connectivity index (χ1n) is 8.16. The molecule has 8 nitrogen and oxygen atoms in total. The van der Waals surface area contributed by atoms with Crippen LogP contribution in [0.15, 0.2) is 71.6 Å². The van der Waals surface area contributed by atoms with Gasteiger partial charge in [0.15, 0.2) is 0 Å². The van der Waals surface area contributed by atoms with E-state index < -0.39 is 14.9 Å². The summed E-state index contributed by atoms with van der Waals surface area (Å²) in [7, 11) is -3.75. The van der Waals surface area contributed by atoms with Crippen molar-refractivity contribution in [2.45, 2.75) is 11.8 Å². The van der Waals surface area contributed by atoms with Crippen LogP contribution in [0.5, 0.6) is 11.5 Å². The van der Waals surface area contributed by atoms with Crippen LogP contribution in [0.3, 0.4) is 0 Å². The van der Waals surface area contributed by atoms with Gasteiger partial charge in [-0.2, -0.15) is 0 Å². The number of hydrogen-bond acceptors (Lipinski definition) is 6. The van der Waals surface area contributed by atoms with Crippen LogP contribution in [-0.4, -0.2) is 13.3 Å². The van der Waals surface area contributed by atoms with Crippen molar-refractivity contribution in [2.24, 2.45) is 0 Å². The fourth-order valence-electron chi connectivity index (χ4n) is 2.52. The maximum absolute atomic E-state index is 12.5. The van der Waals surface area contributed by atoms with E-state index >= 15 is 0 Å². The minimum atomic E-state index is -3.75. The van der Waals surface area contributed by atoms with Crippen molar-refractivity contribution >= 4 is 27.1 Å². The summed E-state index contributed by atoms with van der Waals surface area (Å²) in [5, 5.41) is 10.8. The molecule has 0 aliphatic rings. The summed E-state index contributed by atoms with van der Waals surface area (Å²) in [6, 6.07) is 16.9. The zero-order valence-corrected chi connectivity index (χ0v) is 15.6. The summed E-state index contributed by atoms with van der Waals surface area (Å²) in [5.41, 5.74) is 6.55. The fraction of sp³-hybridized carbons (Fsp3) is 0.0526. The minimum absolute atomic E-state index is 0.0289. The molecule has 0 bridgehead atoms. The van der Waals surface area contributed by atoms with Crippen LogP contribution in [0.2, 0.25) is 0 Å². The Morgan fingerprint density at radius 3 is 2.39 bits per heavy atom. The second-order valence-corrected chi connectivity index (χ2v) is 7.71. The van der Waals surface area contributed by atoms with Crippen molar-refractivity contribution in [3.05, 3.63) is 82.4 Å². The van der Waals surface area contributed by atoms with Crippen LogP contribution < -0.4 is 15.2 Å². The molecule has 0 saturated carbocycles. The molecule has 0 fully saturated rings. The lowest BCUT2D eigenvalue weighted by Crippen LogP contribution is -2.13. The lowest BCUT2D eigenvalue weighted by atomic mass is 10.2. The Labute approximate surface area is 161 Å². The standard InChI is InChI=1S/C19H17N3O5S/c1-13-4-2-7-17(10-13)28(25,26)21-14-5-3-6-15(11-14)27-16-8-9-19(22(23)24)18(20)12-16/h2-12,21H,20H2,1H3. The zero-order chi connectivity index (χ0) is 20.3. The number of nitrogens with two attached hydrogens (primary N) is 1. The maximum Gasteiger partial charge on any atom is 0.292 e. The predicted molar refractivity (Wildman–Crippen MR) is 106 cm³/mol. The first-order chi connectivity index (χ1) is 13.2. The Kier molecular flexibility index (Phi) is 5.18. The van der Waals surface area contributed by atoms with E-state index in [4.69, 9.17) is 10.5 Å². The van der Waals surface area contributed by atoms with Gasteiger partial charge < -0.3 is 10.5 Å². The van der Waals surface area contributed by atoms with Crippen LogP contribution in [0.25, 0.3) is 0 Å². The van der Waals surface area contributed by atoms with Gasteiger partial charge in [-0.05, 0) is 42.8 Å². The summed E-state index contributed by atoms with van der Waals surface area (Å²) in [6.45, 7) is 1.81. The molecule has 28 heavy (non-hydrogen) atoms. The van der Waals surface area contributed by atoms with Gasteiger partial charge in [-0.1, -0.05) is 18.2 Å².